The summed E-state index contributed by atoms with van der Waals surface area (Å²) in [6.45, 7) is 0. The molecule has 0 aliphatic heterocycles. The van der Waals surface area contributed by atoms with Gasteiger partial charge in [-0.2, -0.15) is 0 Å². The highest BCUT2D eigenvalue weighted by molar-refractivity contribution is 5.81. The van der Waals surface area contributed by atoms with E-state index in [-0.39, 0.29) is 0 Å². The maximum Gasteiger partial charge on any atom is 0.118 e. The molecule has 0 saturated carbocycles. The molecule has 0 aliphatic carbocycles. The van der Waals surface area contributed by atoms with E-state index in [1.165, 1.54) is 33.4 Å². The van der Waals surface area contributed by atoms with Crippen LogP contribution in [0.4, 0.5) is 0 Å². The van der Waals surface area contributed by atoms with E-state index in [0.717, 1.165) is 5.75 Å². The van der Waals surface area contributed by atoms with Crippen molar-refractivity contribution < 1.29 is 4.74 Å². The van der Waals surface area contributed by atoms with E-state index in [4.69, 9.17) is 4.74 Å². The Balaban J connectivity index is 1.87. The first-order chi connectivity index (χ1) is 12.8. The SMILES string of the molecule is COc1ccc(-c2cc(-c3ccccc3)cc(-c3ccccc3)c2)cc1. The standard InChI is InChI=1S/C25H20O/c1-26-25-14-12-21(13-15-25)24-17-22(19-8-4-2-5-9-19)16-23(18-24)20-10-6-3-7-11-20/h2-18H,1H3. The molecule has 4 aromatic carbocycles. The van der Waals surface area contributed by atoms with Gasteiger partial charge in [0.25, 0.3) is 0 Å². The Labute approximate surface area is 154 Å². The van der Waals surface area contributed by atoms with Gasteiger partial charge >= 0.3 is 0 Å². The Morgan fingerprint density at radius 2 is 0.808 bits per heavy atom. The van der Waals surface area contributed by atoms with E-state index in [1.807, 2.05) is 12.1 Å². The van der Waals surface area contributed by atoms with Crippen LogP contribution in [0.5, 0.6) is 5.75 Å². The van der Waals surface area contributed by atoms with E-state index in [1.54, 1.807) is 7.11 Å². The molecule has 126 valence electrons. The van der Waals surface area contributed by atoms with E-state index in [2.05, 4.69) is 91.0 Å². The Hall–Kier alpha value is -3.32. The first-order valence-electron chi connectivity index (χ1n) is 8.74. The van der Waals surface area contributed by atoms with Gasteiger partial charge in [0.05, 0.1) is 7.11 Å². The third-order valence-corrected chi connectivity index (χ3v) is 4.57. The van der Waals surface area contributed by atoms with Gasteiger partial charge < -0.3 is 4.74 Å². The second kappa shape index (κ2) is 7.28. The van der Waals surface area contributed by atoms with Gasteiger partial charge in [-0.3, -0.25) is 0 Å². The lowest BCUT2D eigenvalue weighted by molar-refractivity contribution is 0.415. The van der Waals surface area contributed by atoms with Gasteiger partial charge in [-0.05, 0) is 63.7 Å². The molecule has 4 aromatic rings. The zero-order valence-corrected chi connectivity index (χ0v) is 14.7. The second-order valence-electron chi connectivity index (χ2n) is 6.26. The van der Waals surface area contributed by atoms with Gasteiger partial charge in [-0.25, -0.2) is 0 Å². The van der Waals surface area contributed by atoms with Crippen LogP contribution in [0, 0.1) is 0 Å². The van der Waals surface area contributed by atoms with Crippen molar-refractivity contribution >= 4 is 0 Å². The van der Waals surface area contributed by atoms with Gasteiger partial charge in [0.15, 0.2) is 0 Å². The molecule has 1 nitrogen and oxygen atoms in total. The highest BCUT2D eigenvalue weighted by atomic mass is 16.5. The molecule has 0 aliphatic rings. The van der Waals surface area contributed by atoms with Crippen molar-refractivity contribution in [3.05, 3.63) is 103 Å². The maximum absolute atomic E-state index is 5.29. The first-order valence-corrected chi connectivity index (χ1v) is 8.74. The van der Waals surface area contributed by atoms with Crippen LogP contribution in [0.15, 0.2) is 103 Å². The summed E-state index contributed by atoms with van der Waals surface area (Å²) in [5.74, 6) is 0.872. The monoisotopic (exact) mass is 336 g/mol. The van der Waals surface area contributed by atoms with Crippen LogP contribution < -0.4 is 4.74 Å². The molecule has 0 spiro atoms. The zero-order valence-electron chi connectivity index (χ0n) is 14.7. The maximum atomic E-state index is 5.29. The van der Waals surface area contributed by atoms with Crippen LogP contribution >= 0.6 is 0 Å². The fourth-order valence-electron chi connectivity index (χ4n) is 3.17. The van der Waals surface area contributed by atoms with Crippen LogP contribution in [-0.2, 0) is 0 Å². The van der Waals surface area contributed by atoms with E-state index in [0.29, 0.717) is 0 Å². The molecular formula is C25H20O. The van der Waals surface area contributed by atoms with Crippen molar-refractivity contribution in [1.82, 2.24) is 0 Å². The minimum absolute atomic E-state index is 0.872. The van der Waals surface area contributed by atoms with Crippen LogP contribution in [0.3, 0.4) is 0 Å². The van der Waals surface area contributed by atoms with Crippen molar-refractivity contribution in [3.63, 3.8) is 0 Å². The normalized spacial score (nSPS) is 10.5. The number of methoxy groups -OCH3 is 1. The summed E-state index contributed by atoms with van der Waals surface area (Å²) in [5.41, 5.74) is 7.27. The predicted molar refractivity (Wildman–Crippen MR) is 109 cm³/mol. The molecule has 0 heterocycles. The number of ether oxygens (including phenoxy) is 1. The van der Waals surface area contributed by atoms with Gasteiger partial charge in [0.2, 0.25) is 0 Å². The van der Waals surface area contributed by atoms with Crippen LogP contribution in [0.1, 0.15) is 0 Å². The molecule has 0 fully saturated rings. The summed E-state index contributed by atoms with van der Waals surface area (Å²) < 4.78 is 5.29. The topological polar surface area (TPSA) is 9.23 Å². The molecule has 0 saturated heterocycles. The fourth-order valence-corrected chi connectivity index (χ4v) is 3.17. The lowest BCUT2D eigenvalue weighted by Crippen LogP contribution is -1.87. The Kier molecular flexibility index (Phi) is 4.53. The first kappa shape index (κ1) is 16.2. The molecule has 0 bridgehead atoms. The molecule has 1 heteroatoms. The average molecular weight is 336 g/mol. The lowest BCUT2D eigenvalue weighted by atomic mass is 9.93. The van der Waals surface area contributed by atoms with Crippen molar-refractivity contribution in [2.24, 2.45) is 0 Å². The van der Waals surface area contributed by atoms with Crippen molar-refractivity contribution in [2.75, 3.05) is 7.11 Å². The molecule has 0 amide bonds. The molecular weight excluding hydrogens is 316 g/mol. The van der Waals surface area contributed by atoms with E-state index in [9.17, 15) is 0 Å². The van der Waals surface area contributed by atoms with Crippen LogP contribution in [0.25, 0.3) is 33.4 Å². The average Bonchev–Trinajstić information content (AvgIpc) is 2.75. The van der Waals surface area contributed by atoms with Gasteiger partial charge in [0.1, 0.15) is 5.75 Å². The highest BCUT2D eigenvalue weighted by Crippen LogP contribution is 2.33. The van der Waals surface area contributed by atoms with Crippen LogP contribution in [0.2, 0.25) is 0 Å². The number of rotatable bonds is 4. The van der Waals surface area contributed by atoms with Crippen molar-refractivity contribution in [2.45, 2.75) is 0 Å². The molecule has 26 heavy (non-hydrogen) atoms. The molecule has 0 N–H and O–H groups in total. The number of benzene rings is 4. The molecule has 0 aromatic heterocycles. The van der Waals surface area contributed by atoms with E-state index < -0.39 is 0 Å². The summed E-state index contributed by atoms with van der Waals surface area (Å²) in [6.07, 6.45) is 0. The third kappa shape index (κ3) is 3.38. The van der Waals surface area contributed by atoms with Crippen molar-refractivity contribution in [3.8, 4) is 39.1 Å². The van der Waals surface area contributed by atoms with Gasteiger partial charge in [-0.15, -0.1) is 0 Å². The van der Waals surface area contributed by atoms with Crippen LogP contribution in [-0.4, -0.2) is 7.11 Å². The summed E-state index contributed by atoms with van der Waals surface area (Å²) in [4.78, 5) is 0. The van der Waals surface area contributed by atoms with E-state index >= 15 is 0 Å². The minimum atomic E-state index is 0.872. The largest absolute Gasteiger partial charge is 0.497 e. The minimum Gasteiger partial charge on any atom is -0.497 e. The fraction of sp³-hybridized carbons (Fsp3) is 0.0400. The number of hydrogen-bond acceptors (Lipinski definition) is 1. The Morgan fingerprint density at radius 1 is 0.423 bits per heavy atom. The molecule has 4 rings (SSSR count). The smallest absolute Gasteiger partial charge is 0.118 e. The Morgan fingerprint density at radius 3 is 1.19 bits per heavy atom. The summed E-state index contributed by atoms with van der Waals surface area (Å²) in [5, 5.41) is 0. The Bertz CT molecular complexity index is 929. The summed E-state index contributed by atoms with van der Waals surface area (Å²) in [6, 6.07) is 36.0. The second-order valence-corrected chi connectivity index (χ2v) is 6.26. The molecule has 0 radical (unpaired) electrons. The third-order valence-electron chi connectivity index (χ3n) is 4.57. The molecule has 0 atom stereocenters. The zero-order chi connectivity index (χ0) is 17.8. The molecule has 0 unspecified atom stereocenters. The van der Waals surface area contributed by atoms with Gasteiger partial charge in [0, 0.05) is 0 Å². The summed E-state index contributed by atoms with van der Waals surface area (Å²) >= 11 is 0. The highest BCUT2D eigenvalue weighted by Gasteiger charge is 2.07. The van der Waals surface area contributed by atoms with Crippen molar-refractivity contribution in [1.29, 1.82) is 0 Å². The lowest BCUT2D eigenvalue weighted by Gasteiger charge is -2.11. The number of hydrogen-bond donors (Lipinski definition) is 0. The van der Waals surface area contributed by atoms with Gasteiger partial charge in [-0.1, -0.05) is 72.8 Å². The quantitative estimate of drug-likeness (QED) is 0.403. The summed E-state index contributed by atoms with van der Waals surface area (Å²) in [7, 11) is 1.69. The predicted octanol–water partition coefficient (Wildman–Crippen LogP) is 6.70.